The van der Waals surface area contributed by atoms with Crippen LogP contribution in [0, 0.1) is 30.1 Å². The van der Waals surface area contributed by atoms with Crippen LogP contribution in [-0.4, -0.2) is 96.8 Å². The lowest BCUT2D eigenvalue weighted by atomic mass is 10.1. The molecule has 0 saturated heterocycles. The molecule has 0 amide bonds. The van der Waals surface area contributed by atoms with Crippen LogP contribution >= 0.6 is 0 Å². The second-order valence-corrected chi connectivity index (χ2v) is 13.8. The van der Waals surface area contributed by atoms with Crippen molar-refractivity contribution in [3.05, 3.63) is 69.8 Å². The lowest BCUT2D eigenvalue weighted by Crippen LogP contribution is -2.18. The zero-order valence-corrected chi connectivity index (χ0v) is 42.1. The van der Waals surface area contributed by atoms with Crippen molar-refractivity contribution in [1.82, 2.24) is 0 Å². The van der Waals surface area contributed by atoms with Crippen LogP contribution in [0.5, 0.6) is 0 Å². The number of hydrogen-bond acceptors (Lipinski definition) is 12. The topological polar surface area (TPSA) is 167 Å². The van der Waals surface area contributed by atoms with Crippen molar-refractivity contribution in [2.75, 3.05) is 41.9 Å². The highest BCUT2D eigenvalue weighted by atomic mass is 16.6. The summed E-state index contributed by atoms with van der Waals surface area (Å²) in [6.45, 7) is 37.1. The quantitative estimate of drug-likeness (QED) is 0.125. The van der Waals surface area contributed by atoms with E-state index in [0.717, 1.165) is 47.0 Å². The summed E-state index contributed by atoms with van der Waals surface area (Å²) >= 11 is 0. The lowest BCUT2D eigenvalue weighted by molar-refractivity contribution is -0.516. The van der Waals surface area contributed by atoms with Gasteiger partial charge in [-0.05, 0) is 96.1 Å². The Morgan fingerprint density at radius 1 is 0.541 bits per heavy atom. The van der Waals surface area contributed by atoms with Gasteiger partial charge in [-0.15, -0.1) is 0 Å². The number of rotatable bonds is 9. The number of nitrogens with zero attached hydrogens (tertiary/aromatic N) is 8. The van der Waals surface area contributed by atoms with E-state index < -0.39 is 0 Å². The van der Waals surface area contributed by atoms with E-state index >= 15 is 0 Å². The molecule has 4 radical (unpaired) electrons. The number of ether oxygens (including phenoxy) is 4. The molecule has 0 bridgehead atoms. The third-order valence-electron chi connectivity index (χ3n) is 8.17. The third-order valence-corrected chi connectivity index (χ3v) is 8.17. The first-order valence-corrected chi connectivity index (χ1v) is 21.2. The summed E-state index contributed by atoms with van der Waals surface area (Å²) in [7, 11) is 8.43. The average molecular weight is 861 g/mol. The van der Waals surface area contributed by atoms with Gasteiger partial charge in [0.05, 0.1) is 25.9 Å². The normalized spacial score (nSPS) is 16.1. The van der Waals surface area contributed by atoms with Crippen molar-refractivity contribution >= 4 is 23.9 Å². The van der Waals surface area contributed by atoms with Crippen molar-refractivity contribution in [3.63, 3.8) is 0 Å². The van der Waals surface area contributed by atoms with E-state index in [1.807, 2.05) is 125 Å². The molecular formula is C45H80N8O8+4. The Balaban J connectivity index is -0.000000706. The maximum atomic E-state index is 11.6. The van der Waals surface area contributed by atoms with Gasteiger partial charge in [-0.3, -0.25) is 0 Å². The van der Waals surface area contributed by atoms with Crippen LogP contribution in [0.1, 0.15) is 138 Å². The van der Waals surface area contributed by atoms with E-state index in [2.05, 4.69) is 39.0 Å². The van der Waals surface area contributed by atoms with Gasteiger partial charge >= 0.3 is 41.0 Å². The highest BCUT2D eigenvalue weighted by Gasteiger charge is 2.38. The van der Waals surface area contributed by atoms with E-state index in [1.165, 1.54) is 11.8 Å². The maximum Gasteiger partial charge on any atom is 0.406 e. The monoisotopic (exact) mass is 861 g/mol. The van der Waals surface area contributed by atoms with Gasteiger partial charge in [0.1, 0.15) is 0 Å². The number of carbonyl (C=O) groups excluding carboxylic acids is 4. The minimum atomic E-state index is -0.354. The predicted octanol–water partition coefficient (Wildman–Crippen LogP) is 10.0. The molecule has 0 N–H and O–H groups in total. The summed E-state index contributed by atoms with van der Waals surface area (Å²) < 4.78 is 26.2. The first-order valence-electron chi connectivity index (χ1n) is 21.2. The Hall–Kier alpha value is -4.76. The van der Waals surface area contributed by atoms with Crippen LogP contribution in [0.4, 0.5) is 0 Å². The second kappa shape index (κ2) is 31.1. The molecule has 4 aliphatic rings. The molecule has 16 heteroatoms. The molecule has 0 saturated carbocycles. The molecule has 61 heavy (non-hydrogen) atoms. The van der Waals surface area contributed by atoms with E-state index in [4.69, 9.17) is 14.2 Å². The molecule has 0 aromatic heterocycles. The van der Waals surface area contributed by atoms with Gasteiger partial charge in [-0.2, -0.15) is 0 Å². The van der Waals surface area contributed by atoms with Gasteiger partial charge in [-0.25, -0.2) is 19.2 Å². The molecule has 0 spiro atoms. The molecule has 0 atom stereocenters. The fraction of sp³-hybridized carbons (Fsp3) is 0.644. The van der Waals surface area contributed by atoms with Crippen molar-refractivity contribution in [1.29, 1.82) is 0 Å². The summed E-state index contributed by atoms with van der Waals surface area (Å²) in [4.78, 5) is 45.9. The Kier molecular flexibility index (Phi) is 30.9. The molecule has 344 valence electrons. The predicted molar refractivity (Wildman–Crippen MR) is 235 cm³/mol. The third kappa shape index (κ3) is 19.7. The largest absolute Gasteiger partial charge is 0.461 e. The fourth-order valence-electron chi connectivity index (χ4n) is 5.17. The molecular weight excluding hydrogens is 781 g/mol. The van der Waals surface area contributed by atoms with Gasteiger partial charge < -0.3 is 18.9 Å². The molecule has 0 fully saturated rings. The van der Waals surface area contributed by atoms with Gasteiger partial charge in [0.2, 0.25) is 5.70 Å². The van der Waals surface area contributed by atoms with E-state index in [1.54, 1.807) is 41.3 Å². The lowest BCUT2D eigenvalue weighted by Gasteiger charge is -2.06. The molecule has 4 heterocycles. The van der Waals surface area contributed by atoms with Crippen LogP contribution in [0.2, 0.25) is 0 Å². The SMILES string of the molecule is CC.CC.CC.CC(C)OC(=O)[C]1C=C(C(C)C)[N+](C)=N1.CCCOC(=O)C1=C(C)[C](C)N=[N+]1C.COC(=O)C1=C(C)[C](C)N=[N+]1C.C[C]1N=[N+](C)C(C(=O)OC(C)C)=C1C. The van der Waals surface area contributed by atoms with E-state index in [0.29, 0.717) is 35.7 Å². The molecule has 0 aliphatic carbocycles. The number of likely N-dealkylation sites (N-methyl/N-ethyl adjacent to an activating group) is 3. The number of methoxy groups -OCH3 is 1. The smallest absolute Gasteiger partial charge is 0.406 e. The average Bonchev–Trinajstić information content (AvgIpc) is 3.88. The van der Waals surface area contributed by atoms with Crippen molar-refractivity contribution in [2.24, 2.45) is 26.4 Å². The van der Waals surface area contributed by atoms with E-state index in [9.17, 15) is 19.2 Å². The van der Waals surface area contributed by atoms with Gasteiger partial charge in [0, 0.05) is 28.7 Å². The first-order chi connectivity index (χ1) is 28.5. The zero-order chi connectivity index (χ0) is 48.5. The van der Waals surface area contributed by atoms with E-state index in [-0.39, 0.29) is 36.1 Å². The summed E-state index contributed by atoms with van der Waals surface area (Å²) in [5, 5.41) is 16.5. The van der Waals surface area contributed by atoms with Crippen molar-refractivity contribution < 1.29 is 56.9 Å². The Labute approximate surface area is 368 Å². The molecule has 0 unspecified atom stereocenters. The Morgan fingerprint density at radius 3 is 1.16 bits per heavy atom. The summed E-state index contributed by atoms with van der Waals surface area (Å²) in [5.74, 6) is -0.931. The number of hydrogen-bond donors (Lipinski definition) is 0. The molecule has 0 aromatic carbocycles. The number of carbonyl (C=O) groups is 4. The molecule has 0 aromatic rings. The summed E-state index contributed by atoms with van der Waals surface area (Å²) in [5.41, 5.74) is 5.31. The van der Waals surface area contributed by atoms with Crippen molar-refractivity contribution in [3.8, 4) is 0 Å². The maximum absolute atomic E-state index is 11.6. The Morgan fingerprint density at radius 2 is 0.885 bits per heavy atom. The molecule has 4 aliphatic heterocycles. The van der Waals surface area contributed by atoms with Gasteiger partial charge in [0.25, 0.3) is 6.04 Å². The first kappa shape index (κ1) is 60.5. The zero-order valence-electron chi connectivity index (χ0n) is 42.1. The standard InChI is InChI=1S/C11H18N2O2.2C10H16N2O2.C8H12N2O2.3C2H6/c1-7(2)10-6-9(12-13(10)5)11(14)15-8(3)4;1-6(2)14-10(13)9-7(3)8(4)11-12(9)5;1-5-6-14-10(13)9-7(2)8(3)11-12(9)4;1-5-6(2)9-10(3)7(5)8(11)12-4;3*1-2/h6-8H,1-5H3;6H,1-5H3;5-6H2,1-4H3;1-4H3;3*1-2H3/q4*+1;;;. The summed E-state index contributed by atoms with van der Waals surface area (Å²) in [6.07, 6.45) is 2.41. The molecule has 16 nitrogen and oxygen atoms in total. The highest BCUT2D eigenvalue weighted by Crippen LogP contribution is 2.28. The second-order valence-electron chi connectivity index (χ2n) is 13.8. The van der Waals surface area contributed by atoms with Gasteiger partial charge in [-0.1, -0.05) is 81.1 Å². The minimum Gasteiger partial charge on any atom is -0.461 e. The van der Waals surface area contributed by atoms with Crippen LogP contribution in [0.25, 0.3) is 0 Å². The van der Waals surface area contributed by atoms with Crippen LogP contribution in [0.3, 0.4) is 0 Å². The van der Waals surface area contributed by atoms with Crippen LogP contribution < -0.4 is 0 Å². The highest BCUT2D eigenvalue weighted by molar-refractivity contribution is 5.89. The van der Waals surface area contributed by atoms with Crippen LogP contribution in [-0.2, 0) is 38.1 Å². The number of azo groups is 8. The van der Waals surface area contributed by atoms with Gasteiger partial charge in [0.15, 0.2) is 46.3 Å². The number of allylic oxidation sites excluding steroid dienone is 1. The summed E-state index contributed by atoms with van der Waals surface area (Å²) in [6, 6.07) is 2.98. The fourth-order valence-corrected chi connectivity index (χ4v) is 5.17. The number of esters is 4. The Bertz CT molecular complexity index is 1720. The molecule has 4 rings (SSSR count). The van der Waals surface area contributed by atoms with Crippen molar-refractivity contribution in [2.45, 2.75) is 150 Å². The minimum absolute atomic E-state index is 0.0999. The van der Waals surface area contributed by atoms with Crippen LogP contribution in [0.15, 0.2) is 66.0 Å².